The van der Waals surface area contributed by atoms with Crippen molar-refractivity contribution in [1.82, 2.24) is 4.90 Å². The Kier molecular flexibility index (Phi) is 6.49. The van der Waals surface area contributed by atoms with Crippen molar-refractivity contribution in [2.75, 3.05) is 27.3 Å². The van der Waals surface area contributed by atoms with E-state index in [1.54, 1.807) is 19.1 Å². The lowest BCUT2D eigenvalue weighted by Gasteiger charge is -2.21. The number of nitrogens with zero attached hydrogens (tertiary/aromatic N) is 1. The molecule has 0 aliphatic heterocycles. The van der Waals surface area contributed by atoms with Crippen molar-refractivity contribution >= 4 is 5.91 Å². The van der Waals surface area contributed by atoms with E-state index in [-0.39, 0.29) is 12.5 Å². The molecule has 0 aliphatic carbocycles. The van der Waals surface area contributed by atoms with Crippen LogP contribution >= 0.6 is 0 Å². The lowest BCUT2D eigenvalue weighted by molar-refractivity contribution is -0.132. The van der Waals surface area contributed by atoms with Crippen molar-refractivity contribution < 1.29 is 9.53 Å². The molecular formula is C10H22N2O2. The molecule has 0 aromatic carbocycles. The minimum absolute atomic E-state index is 0.0486. The molecule has 0 aromatic rings. The molecule has 14 heavy (non-hydrogen) atoms. The number of ether oxygens (including phenoxy) is 1. The molecule has 0 rings (SSSR count). The molecule has 0 aliphatic rings. The summed E-state index contributed by atoms with van der Waals surface area (Å²) in [5, 5.41) is 0. The van der Waals surface area contributed by atoms with Gasteiger partial charge in [-0.1, -0.05) is 13.8 Å². The Hall–Kier alpha value is -0.610. The minimum Gasteiger partial charge on any atom is -0.383 e. The summed E-state index contributed by atoms with van der Waals surface area (Å²) in [5.41, 5.74) is 5.62. The average Bonchev–Trinajstić information content (AvgIpc) is 2.13. The number of likely N-dealkylation sites (N-methyl/N-ethyl adjacent to an activating group) is 1. The Labute approximate surface area is 86.4 Å². The molecule has 84 valence electrons. The first-order valence-corrected chi connectivity index (χ1v) is 4.98. The summed E-state index contributed by atoms with van der Waals surface area (Å²) < 4.78 is 4.83. The van der Waals surface area contributed by atoms with Crippen molar-refractivity contribution in [3.05, 3.63) is 0 Å². The first-order chi connectivity index (χ1) is 6.49. The van der Waals surface area contributed by atoms with Crippen LogP contribution in [0.4, 0.5) is 0 Å². The van der Waals surface area contributed by atoms with Gasteiger partial charge in [-0.3, -0.25) is 4.79 Å². The summed E-state index contributed by atoms with van der Waals surface area (Å²) in [5.74, 6) is 0.552. The average molecular weight is 202 g/mol. The Morgan fingerprint density at radius 1 is 1.50 bits per heavy atom. The molecule has 4 heteroatoms. The number of hydrogen-bond acceptors (Lipinski definition) is 3. The highest BCUT2D eigenvalue weighted by Crippen LogP contribution is 2.01. The fourth-order valence-electron chi connectivity index (χ4n) is 1.10. The molecule has 0 bridgehead atoms. The molecule has 0 heterocycles. The van der Waals surface area contributed by atoms with E-state index in [0.717, 1.165) is 13.0 Å². The van der Waals surface area contributed by atoms with Crippen molar-refractivity contribution in [2.45, 2.75) is 26.3 Å². The van der Waals surface area contributed by atoms with Crippen molar-refractivity contribution in [1.29, 1.82) is 0 Å². The van der Waals surface area contributed by atoms with Crippen LogP contribution in [0.1, 0.15) is 20.3 Å². The monoisotopic (exact) mass is 202 g/mol. The van der Waals surface area contributed by atoms with Gasteiger partial charge in [-0.2, -0.15) is 0 Å². The second-order valence-electron chi connectivity index (χ2n) is 4.00. The number of rotatable bonds is 6. The molecule has 0 spiro atoms. The zero-order valence-electron chi connectivity index (χ0n) is 9.62. The van der Waals surface area contributed by atoms with E-state index in [1.807, 2.05) is 0 Å². The Morgan fingerprint density at radius 3 is 2.50 bits per heavy atom. The summed E-state index contributed by atoms with van der Waals surface area (Å²) in [7, 11) is 3.32. The molecule has 1 atom stereocenters. The number of methoxy groups -OCH3 is 1. The van der Waals surface area contributed by atoms with E-state index in [0.29, 0.717) is 5.92 Å². The van der Waals surface area contributed by atoms with Gasteiger partial charge in [-0.05, 0) is 12.3 Å². The first-order valence-electron chi connectivity index (χ1n) is 4.98. The third-order valence-electron chi connectivity index (χ3n) is 2.08. The zero-order chi connectivity index (χ0) is 11.1. The van der Waals surface area contributed by atoms with Gasteiger partial charge in [0, 0.05) is 20.7 Å². The van der Waals surface area contributed by atoms with Gasteiger partial charge in [0.2, 0.25) is 5.91 Å². The third kappa shape index (κ3) is 5.19. The van der Waals surface area contributed by atoms with E-state index in [4.69, 9.17) is 10.5 Å². The standard InChI is InChI=1S/C10H22N2O2/c1-8(2)5-6-12(3)10(13)9(11)7-14-4/h8-9H,5-7,11H2,1-4H3. The third-order valence-corrected chi connectivity index (χ3v) is 2.08. The fraction of sp³-hybridized carbons (Fsp3) is 0.900. The number of carbonyl (C=O) groups excluding carboxylic acids is 1. The lowest BCUT2D eigenvalue weighted by atomic mass is 10.1. The summed E-state index contributed by atoms with van der Waals surface area (Å²) in [6, 6.07) is -0.530. The molecule has 0 saturated heterocycles. The summed E-state index contributed by atoms with van der Waals surface area (Å²) in [6.07, 6.45) is 1.00. The van der Waals surface area contributed by atoms with Gasteiger partial charge < -0.3 is 15.4 Å². The van der Waals surface area contributed by atoms with Gasteiger partial charge in [-0.15, -0.1) is 0 Å². The normalized spacial score (nSPS) is 13.0. The smallest absolute Gasteiger partial charge is 0.241 e. The lowest BCUT2D eigenvalue weighted by Crippen LogP contribution is -2.44. The fourth-order valence-corrected chi connectivity index (χ4v) is 1.10. The molecular weight excluding hydrogens is 180 g/mol. The highest BCUT2D eigenvalue weighted by molar-refractivity contribution is 5.81. The Bertz CT molecular complexity index is 172. The number of amides is 1. The topological polar surface area (TPSA) is 55.6 Å². The van der Waals surface area contributed by atoms with Crippen molar-refractivity contribution in [3.63, 3.8) is 0 Å². The number of hydrogen-bond donors (Lipinski definition) is 1. The van der Waals surface area contributed by atoms with E-state index < -0.39 is 6.04 Å². The molecule has 1 unspecified atom stereocenters. The maximum atomic E-state index is 11.6. The van der Waals surface area contributed by atoms with Crippen LogP contribution in [0.3, 0.4) is 0 Å². The number of carbonyl (C=O) groups is 1. The van der Waals surface area contributed by atoms with Gasteiger partial charge in [0.25, 0.3) is 0 Å². The second kappa shape index (κ2) is 6.79. The summed E-state index contributed by atoms with van der Waals surface area (Å²) in [6.45, 7) is 5.31. The van der Waals surface area contributed by atoms with Crippen LogP contribution in [0.25, 0.3) is 0 Å². The van der Waals surface area contributed by atoms with E-state index in [1.165, 1.54) is 0 Å². The predicted octanol–water partition coefficient (Wildman–Crippen LogP) is 0.465. The molecule has 0 aromatic heterocycles. The minimum atomic E-state index is -0.530. The van der Waals surface area contributed by atoms with Crippen LogP contribution in [0.5, 0.6) is 0 Å². The molecule has 0 saturated carbocycles. The van der Waals surface area contributed by atoms with Crippen LogP contribution in [-0.4, -0.2) is 44.2 Å². The highest BCUT2D eigenvalue weighted by atomic mass is 16.5. The Balaban J connectivity index is 3.86. The van der Waals surface area contributed by atoms with E-state index in [9.17, 15) is 4.79 Å². The Morgan fingerprint density at radius 2 is 2.07 bits per heavy atom. The van der Waals surface area contributed by atoms with Gasteiger partial charge in [0.05, 0.1) is 6.61 Å². The summed E-state index contributed by atoms with van der Waals surface area (Å²) >= 11 is 0. The molecule has 2 N–H and O–H groups in total. The van der Waals surface area contributed by atoms with Crippen LogP contribution in [0.15, 0.2) is 0 Å². The van der Waals surface area contributed by atoms with Crippen molar-refractivity contribution in [3.8, 4) is 0 Å². The van der Waals surface area contributed by atoms with Crippen LogP contribution in [-0.2, 0) is 9.53 Å². The van der Waals surface area contributed by atoms with E-state index >= 15 is 0 Å². The molecule has 0 fully saturated rings. The largest absolute Gasteiger partial charge is 0.383 e. The second-order valence-corrected chi connectivity index (χ2v) is 4.00. The van der Waals surface area contributed by atoms with E-state index in [2.05, 4.69) is 13.8 Å². The molecule has 0 radical (unpaired) electrons. The quantitative estimate of drug-likeness (QED) is 0.681. The summed E-state index contributed by atoms with van der Waals surface area (Å²) in [4.78, 5) is 13.2. The van der Waals surface area contributed by atoms with Gasteiger partial charge in [0.1, 0.15) is 6.04 Å². The zero-order valence-corrected chi connectivity index (χ0v) is 9.62. The van der Waals surface area contributed by atoms with Crippen molar-refractivity contribution in [2.24, 2.45) is 11.7 Å². The van der Waals surface area contributed by atoms with Crippen LogP contribution < -0.4 is 5.73 Å². The molecule has 4 nitrogen and oxygen atoms in total. The first kappa shape index (κ1) is 13.4. The maximum Gasteiger partial charge on any atom is 0.241 e. The predicted molar refractivity (Wildman–Crippen MR) is 56.9 cm³/mol. The maximum absolute atomic E-state index is 11.6. The van der Waals surface area contributed by atoms with Crippen LogP contribution in [0.2, 0.25) is 0 Å². The van der Waals surface area contributed by atoms with Gasteiger partial charge in [-0.25, -0.2) is 0 Å². The SMILES string of the molecule is COCC(N)C(=O)N(C)CCC(C)C. The highest BCUT2D eigenvalue weighted by Gasteiger charge is 2.17. The number of nitrogens with two attached hydrogens (primary N) is 1. The molecule has 1 amide bonds. The van der Waals surface area contributed by atoms with Crippen LogP contribution in [0, 0.1) is 5.92 Å². The van der Waals surface area contributed by atoms with Gasteiger partial charge in [0.15, 0.2) is 0 Å². The van der Waals surface area contributed by atoms with Gasteiger partial charge >= 0.3 is 0 Å².